The molecule has 2 aliphatic rings. The van der Waals surface area contributed by atoms with Crippen molar-refractivity contribution in [2.75, 3.05) is 11.4 Å². The van der Waals surface area contributed by atoms with E-state index < -0.39 is 0 Å². The Bertz CT molecular complexity index is 1420. The van der Waals surface area contributed by atoms with Crippen molar-refractivity contribution < 1.29 is 0 Å². The summed E-state index contributed by atoms with van der Waals surface area (Å²) in [5.74, 6) is 0. The fraction of sp³-hybridized carbons (Fsp3) is 0.455. The third-order valence-electron chi connectivity index (χ3n) is 10.5. The maximum absolute atomic E-state index is 2.69. The number of hydrogen-bond donors (Lipinski definition) is 0. The maximum atomic E-state index is 2.69. The van der Waals surface area contributed by atoms with Crippen molar-refractivity contribution in [1.82, 2.24) is 0 Å². The average Bonchev–Trinajstić information content (AvgIpc) is 3.65. The lowest BCUT2D eigenvalue weighted by atomic mass is 10.0. The van der Waals surface area contributed by atoms with Crippen LogP contribution in [0.2, 0.25) is 0 Å². The molecule has 0 saturated carbocycles. The maximum Gasteiger partial charge on any atom is 0.0453 e. The summed E-state index contributed by atoms with van der Waals surface area (Å²) in [6, 6.07) is 32.0. The summed E-state index contributed by atoms with van der Waals surface area (Å²) in [5.41, 5.74) is 14.5. The van der Waals surface area contributed by atoms with Crippen LogP contribution in [0.4, 0.5) is 11.4 Å². The van der Waals surface area contributed by atoms with Crippen molar-refractivity contribution in [3.8, 4) is 22.3 Å². The smallest absolute Gasteiger partial charge is 0.0453 e. The zero-order valence-electron chi connectivity index (χ0n) is 28.0. The lowest BCUT2D eigenvalue weighted by molar-refractivity contribution is 0.530. The van der Waals surface area contributed by atoms with Gasteiger partial charge in [0, 0.05) is 30.8 Å². The van der Waals surface area contributed by atoms with Crippen molar-refractivity contribution in [2.24, 2.45) is 0 Å². The van der Waals surface area contributed by atoms with E-state index in [1.54, 1.807) is 0 Å². The molecule has 0 aliphatic heterocycles. The van der Waals surface area contributed by atoms with Crippen molar-refractivity contribution in [2.45, 2.75) is 122 Å². The van der Waals surface area contributed by atoms with Gasteiger partial charge in [-0.3, -0.25) is 0 Å². The molecule has 0 spiro atoms. The molecule has 4 aromatic carbocycles. The molecule has 4 aromatic rings. The van der Waals surface area contributed by atoms with Gasteiger partial charge in [-0.25, -0.2) is 0 Å². The first kappa shape index (κ1) is 31.7. The third-order valence-corrected chi connectivity index (χ3v) is 10.5. The Morgan fingerprint density at radius 3 is 1.22 bits per heavy atom. The van der Waals surface area contributed by atoms with Crippen LogP contribution in [0.5, 0.6) is 0 Å². The highest BCUT2D eigenvalue weighted by molar-refractivity contribution is 5.88. The fourth-order valence-corrected chi connectivity index (χ4v) is 7.98. The summed E-state index contributed by atoms with van der Waals surface area (Å²) in [7, 11) is 0. The minimum atomic E-state index is 1.03. The van der Waals surface area contributed by atoms with E-state index >= 15 is 0 Å². The Hall–Kier alpha value is -3.32. The van der Waals surface area contributed by atoms with E-state index in [2.05, 4.69) is 96.8 Å². The summed E-state index contributed by atoms with van der Waals surface area (Å²) in [6.07, 6.45) is 24.6. The van der Waals surface area contributed by atoms with Crippen molar-refractivity contribution in [3.05, 3.63) is 107 Å². The van der Waals surface area contributed by atoms with Gasteiger partial charge in [0.05, 0.1) is 0 Å². The van der Waals surface area contributed by atoms with Gasteiger partial charge >= 0.3 is 0 Å². The second-order valence-electron chi connectivity index (χ2n) is 13.7. The molecule has 0 fully saturated rings. The van der Waals surface area contributed by atoms with Crippen LogP contribution < -0.4 is 4.90 Å². The van der Waals surface area contributed by atoms with E-state index in [0.29, 0.717) is 0 Å². The minimum absolute atomic E-state index is 1.03. The van der Waals surface area contributed by atoms with Gasteiger partial charge in [0.2, 0.25) is 0 Å². The van der Waals surface area contributed by atoms with Crippen molar-refractivity contribution in [3.63, 3.8) is 0 Å². The molecular weight excluding hydrogens is 542 g/mol. The van der Waals surface area contributed by atoms with Gasteiger partial charge in [-0.05, 0) is 63.1 Å². The first-order valence-corrected chi connectivity index (χ1v) is 18.5. The Balaban J connectivity index is 1.04. The van der Waals surface area contributed by atoms with Gasteiger partial charge in [-0.1, -0.05) is 176 Å². The van der Waals surface area contributed by atoms with Crippen LogP contribution in [0.25, 0.3) is 22.3 Å². The summed E-state index contributed by atoms with van der Waals surface area (Å²) < 4.78 is 0. The van der Waals surface area contributed by atoms with E-state index in [0.717, 1.165) is 19.4 Å². The number of unbranched alkanes of at least 4 members (excludes halogenated alkanes) is 15. The van der Waals surface area contributed by atoms with E-state index in [1.165, 1.54) is 159 Å². The molecule has 0 N–H and O–H groups in total. The second-order valence-corrected chi connectivity index (χ2v) is 13.7. The quantitative estimate of drug-likeness (QED) is 0.0839. The molecule has 0 radical (unpaired) electrons. The minimum Gasteiger partial charge on any atom is -0.341 e. The van der Waals surface area contributed by atoms with E-state index in [4.69, 9.17) is 0 Å². The average molecular weight is 598 g/mol. The van der Waals surface area contributed by atoms with Crippen LogP contribution in [0.1, 0.15) is 132 Å². The van der Waals surface area contributed by atoms with E-state index in [1.807, 2.05) is 0 Å². The Morgan fingerprint density at radius 1 is 0.400 bits per heavy atom. The summed E-state index contributed by atoms with van der Waals surface area (Å²) >= 11 is 0. The topological polar surface area (TPSA) is 3.24 Å². The van der Waals surface area contributed by atoms with Gasteiger partial charge < -0.3 is 4.90 Å². The predicted octanol–water partition coefficient (Wildman–Crippen LogP) is 13.2. The SMILES string of the molecule is CCCCCCCCCCCCCCCCCCN(c1cccc2c1Cc1ccccc1-2)c1cccc2c1Cc1ccccc1-2. The number of nitrogens with zero attached hydrogens (tertiary/aromatic N) is 1. The second kappa shape index (κ2) is 16.3. The molecule has 236 valence electrons. The van der Waals surface area contributed by atoms with Crippen LogP contribution >= 0.6 is 0 Å². The number of fused-ring (bicyclic) bond motifs is 6. The lowest BCUT2D eigenvalue weighted by Crippen LogP contribution is -2.21. The first-order chi connectivity index (χ1) is 22.3. The monoisotopic (exact) mass is 597 g/mol. The van der Waals surface area contributed by atoms with Crippen LogP contribution in [0, 0.1) is 0 Å². The molecule has 45 heavy (non-hydrogen) atoms. The van der Waals surface area contributed by atoms with Gasteiger partial charge in [-0.15, -0.1) is 0 Å². The van der Waals surface area contributed by atoms with Crippen LogP contribution in [0.3, 0.4) is 0 Å². The Kier molecular flexibility index (Phi) is 11.5. The van der Waals surface area contributed by atoms with Crippen molar-refractivity contribution in [1.29, 1.82) is 0 Å². The number of rotatable bonds is 19. The molecule has 0 bridgehead atoms. The van der Waals surface area contributed by atoms with Gasteiger partial charge in [0.15, 0.2) is 0 Å². The molecule has 0 heterocycles. The van der Waals surface area contributed by atoms with Crippen LogP contribution in [-0.2, 0) is 12.8 Å². The lowest BCUT2D eigenvalue weighted by Gasteiger charge is -2.29. The molecule has 1 heteroatoms. The van der Waals surface area contributed by atoms with Gasteiger partial charge in [-0.2, -0.15) is 0 Å². The Morgan fingerprint density at radius 2 is 0.778 bits per heavy atom. The van der Waals surface area contributed by atoms with Gasteiger partial charge in [0.25, 0.3) is 0 Å². The van der Waals surface area contributed by atoms with Crippen LogP contribution in [-0.4, -0.2) is 6.54 Å². The third kappa shape index (κ3) is 7.74. The number of benzene rings is 4. The number of hydrogen-bond acceptors (Lipinski definition) is 1. The molecule has 2 aliphatic carbocycles. The highest BCUT2D eigenvalue weighted by Gasteiger charge is 2.27. The Labute approximate surface area is 274 Å². The summed E-state index contributed by atoms with van der Waals surface area (Å²) in [4.78, 5) is 2.69. The van der Waals surface area contributed by atoms with E-state index in [-0.39, 0.29) is 0 Å². The summed E-state index contributed by atoms with van der Waals surface area (Å²) in [5, 5.41) is 0. The summed E-state index contributed by atoms with van der Waals surface area (Å²) in [6.45, 7) is 3.39. The standard InChI is InChI=1S/C44H55N/c1-2-3-4-5-6-7-8-9-10-11-12-13-14-15-16-21-32-45(43-30-22-28-39-37-26-19-17-24-35(37)33-41(39)43)44-31-23-29-40-38-27-20-18-25-36(38)34-42(40)44/h17-20,22-31H,2-16,21,32-34H2,1H3. The zero-order chi connectivity index (χ0) is 30.7. The van der Waals surface area contributed by atoms with Gasteiger partial charge in [0.1, 0.15) is 0 Å². The first-order valence-electron chi connectivity index (χ1n) is 18.5. The highest BCUT2D eigenvalue weighted by atomic mass is 15.1. The van der Waals surface area contributed by atoms with Crippen LogP contribution in [0.15, 0.2) is 84.9 Å². The molecule has 0 amide bonds. The van der Waals surface area contributed by atoms with E-state index in [9.17, 15) is 0 Å². The molecule has 1 nitrogen and oxygen atoms in total. The predicted molar refractivity (Wildman–Crippen MR) is 196 cm³/mol. The zero-order valence-corrected chi connectivity index (χ0v) is 28.0. The molecule has 0 unspecified atom stereocenters. The normalized spacial score (nSPS) is 12.6. The number of anilines is 2. The fourth-order valence-electron chi connectivity index (χ4n) is 7.98. The largest absolute Gasteiger partial charge is 0.341 e. The molecule has 0 atom stereocenters. The molecule has 0 aromatic heterocycles. The highest BCUT2D eigenvalue weighted by Crippen LogP contribution is 2.47. The molecule has 0 saturated heterocycles. The molecule has 6 rings (SSSR count). The van der Waals surface area contributed by atoms with Crippen molar-refractivity contribution >= 4 is 11.4 Å². The molecular formula is C44H55N.